The third kappa shape index (κ3) is 2.70. The Balaban J connectivity index is 2.29. The molecule has 0 saturated carbocycles. The minimum atomic E-state index is -0.271. The van der Waals surface area contributed by atoms with Gasteiger partial charge in [0.2, 0.25) is 0 Å². The van der Waals surface area contributed by atoms with Gasteiger partial charge in [0, 0.05) is 28.5 Å². The standard InChI is InChI=1S/C16H13BrClFN2/c1-10-2-4-12(9-13(10)17)21-15-8-11(19)3-5-14(15)20-16(21)6-7-18/h2-5,8-9H,6-7H2,1H3. The van der Waals surface area contributed by atoms with Crippen molar-refractivity contribution in [2.75, 3.05) is 5.88 Å². The molecule has 0 aliphatic carbocycles. The second-order valence-corrected chi connectivity index (χ2v) is 6.10. The summed E-state index contributed by atoms with van der Waals surface area (Å²) in [5.74, 6) is 1.03. The van der Waals surface area contributed by atoms with E-state index in [-0.39, 0.29) is 5.82 Å². The maximum atomic E-state index is 13.6. The van der Waals surface area contributed by atoms with Crippen molar-refractivity contribution in [1.29, 1.82) is 0 Å². The molecule has 3 aromatic rings. The van der Waals surface area contributed by atoms with E-state index in [2.05, 4.69) is 20.9 Å². The minimum Gasteiger partial charge on any atom is -0.296 e. The Labute approximate surface area is 135 Å². The molecule has 0 amide bonds. The summed E-state index contributed by atoms with van der Waals surface area (Å²) in [4.78, 5) is 4.57. The molecule has 0 N–H and O–H groups in total. The number of aryl methyl sites for hydroxylation is 2. The summed E-state index contributed by atoms with van der Waals surface area (Å²) in [5, 5.41) is 0. The van der Waals surface area contributed by atoms with Crippen LogP contribution in [0.1, 0.15) is 11.4 Å². The fourth-order valence-electron chi connectivity index (χ4n) is 2.36. The van der Waals surface area contributed by atoms with E-state index in [0.29, 0.717) is 12.3 Å². The molecule has 21 heavy (non-hydrogen) atoms. The lowest BCUT2D eigenvalue weighted by atomic mass is 10.2. The van der Waals surface area contributed by atoms with E-state index in [9.17, 15) is 4.39 Å². The molecule has 0 atom stereocenters. The lowest BCUT2D eigenvalue weighted by molar-refractivity contribution is 0.629. The van der Waals surface area contributed by atoms with E-state index < -0.39 is 0 Å². The molecule has 3 rings (SSSR count). The molecular formula is C16H13BrClFN2. The lowest BCUT2D eigenvalue weighted by Gasteiger charge is -2.10. The molecule has 2 aromatic carbocycles. The first-order chi connectivity index (χ1) is 10.1. The van der Waals surface area contributed by atoms with E-state index in [1.54, 1.807) is 6.07 Å². The van der Waals surface area contributed by atoms with Gasteiger partial charge in [-0.15, -0.1) is 11.6 Å². The van der Waals surface area contributed by atoms with Gasteiger partial charge < -0.3 is 0 Å². The van der Waals surface area contributed by atoms with Gasteiger partial charge >= 0.3 is 0 Å². The van der Waals surface area contributed by atoms with Crippen LogP contribution in [0.15, 0.2) is 40.9 Å². The van der Waals surface area contributed by atoms with Crippen LogP contribution in [0.25, 0.3) is 16.7 Å². The van der Waals surface area contributed by atoms with Gasteiger partial charge in [0.15, 0.2) is 0 Å². The van der Waals surface area contributed by atoms with Crippen molar-refractivity contribution in [1.82, 2.24) is 9.55 Å². The van der Waals surface area contributed by atoms with Crippen LogP contribution in [0.3, 0.4) is 0 Å². The molecule has 1 aromatic heterocycles. The predicted molar refractivity (Wildman–Crippen MR) is 87.9 cm³/mol. The molecule has 0 unspecified atom stereocenters. The van der Waals surface area contributed by atoms with Gasteiger partial charge in [-0.3, -0.25) is 4.57 Å². The van der Waals surface area contributed by atoms with Crippen molar-refractivity contribution in [3.05, 3.63) is 58.1 Å². The van der Waals surface area contributed by atoms with E-state index in [0.717, 1.165) is 32.6 Å². The zero-order valence-corrected chi connectivity index (χ0v) is 13.7. The number of benzene rings is 2. The molecular weight excluding hydrogens is 355 g/mol. The highest BCUT2D eigenvalue weighted by atomic mass is 79.9. The van der Waals surface area contributed by atoms with Gasteiger partial charge in [-0.2, -0.15) is 0 Å². The van der Waals surface area contributed by atoms with Gasteiger partial charge in [-0.1, -0.05) is 22.0 Å². The topological polar surface area (TPSA) is 17.8 Å². The molecule has 1 heterocycles. The maximum absolute atomic E-state index is 13.6. The van der Waals surface area contributed by atoms with Gasteiger partial charge in [-0.05, 0) is 36.8 Å². The molecule has 0 aliphatic rings. The molecule has 0 saturated heterocycles. The quantitative estimate of drug-likeness (QED) is 0.595. The van der Waals surface area contributed by atoms with Crippen LogP contribution >= 0.6 is 27.5 Å². The smallest absolute Gasteiger partial charge is 0.125 e. The minimum absolute atomic E-state index is 0.271. The van der Waals surface area contributed by atoms with Gasteiger partial charge in [0.25, 0.3) is 0 Å². The Morgan fingerprint density at radius 2 is 2.05 bits per heavy atom. The maximum Gasteiger partial charge on any atom is 0.125 e. The van der Waals surface area contributed by atoms with Crippen molar-refractivity contribution in [2.45, 2.75) is 13.3 Å². The summed E-state index contributed by atoms with van der Waals surface area (Å²) in [6, 6.07) is 10.7. The third-order valence-corrected chi connectivity index (χ3v) is 4.46. The number of imidazole rings is 1. The largest absolute Gasteiger partial charge is 0.296 e. The summed E-state index contributed by atoms with van der Waals surface area (Å²) >= 11 is 9.41. The fourth-order valence-corrected chi connectivity index (χ4v) is 2.90. The second kappa shape index (κ2) is 5.78. The number of hydrogen-bond acceptors (Lipinski definition) is 1. The van der Waals surface area contributed by atoms with Crippen LogP contribution in [0.5, 0.6) is 0 Å². The number of rotatable bonds is 3. The zero-order valence-electron chi connectivity index (χ0n) is 11.4. The molecule has 2 nitrogen and oxygen atoms in total. The van der Waals surface area contributed by atoms with Crippen molar-refractivity contribution in [3.63, 3.8) is 0 Å². The first-order valence-corrected chi connectivity index (χ1v) is 7.92. The summed E-state index contributed by atoms with van der Waals surface area (Å²) in [5.41, 5.74) is 3.62. The molecule has 5 heteroatoms. The summed E-state index contributed by atoms with van der Waals surface area (Å²) in [6.45, 7) is 2.03. The van der Waals surface area contributed by atoms with Crippen LogP contribution in [0.4, 0.5) is 4.39 Å². The Kier molecular flexibility index (Phi) is 4.00. The number of aromatic nitrogens is 2. The Morgan fingerprint density at radius 3 is 2.76 bits per heavy atom. The van der Waals surface area contributed by atoms with Crippen LogP contribution in [0, 0.1) is 12.7 Å². The number of halogens is 3. The van der Waals surface area contributed by atoms with Gasteiger partial charge in [0.05, 0.1) is 11.0 Å². The van der Waals surface area contributed by atoms with Crippen molar-refractivity contribution >= 4 is 38.6 Å². The first kappa shape index (κ1) is 14.5. The van der Waals surface area contributed by atoms with Crippen LogP contribution in [0.2, 0.25) is 0 Å². The number of alkyl halides is 1. The van der Waals surface area contributed by atoms with Crippen molar-refractivity contribution in [3.8, 4) is 5.69 Å². The number of fused-ring (bicyclic) bond motifs is 1. The highest BCUT2D eigenvalue weighted by Gasteiger charge is 2.13. The second-order valence-electron chi connectivity index (χ2n) is 4.87. The van der Waals surface area contributed by atoms with Gasteiger partial charge in [0.1, 0.15) is 11.6 Å². The Bertz CT molecular complexity index is 813. The first-order valence-electron chi connectivity index (χ1n) is 6.59. The van der Waals surface area contributed by atoms with E-state index in [1.165, 1.54) is 12.1 Å². The van der Waals surface area contributed by atoms with Crippen LogP contribution < -0.4 is 0 Å². The summed E-state index contributed by atoms with van der Waals surface area (Å²) in [7, 11) is 0. The highest BCUT2D eigenvalue weighted by Crippen LogP contribution is 2.26. The van der Waals surface area contributed by atoms with Crippen molar-refractivity contribution in [2.24, 2.45) is 0 Å². The average molecular weight is 368 g/mol. The third-order valence-electron chi connectivity index (χ3n) is 3.42. The Hall–Kier alpha value is -1.39. The number of nitrogens with zero attached hydrogens (tertiary/aromatic N) is 2. The molecule has 0 spiro atoms. The summed E-state index contributed by atoms with van der Waals surface area (Å²) < 4.78 is 16.6. The Morgan fingerprint density at radius 1 is 1.24 bits per heavy atom. The number of hydrogen-bond donors (Lipinski definition) is 0. The predicted octanol–water partition coefficient (Wildman–Crippen LogP) is 5.02. The van der Waals surface area contributed by atoms with E-state index >= 15 is 0 Å². The molecule has 108 valence electrons. The zero-order chi connectivity index (χ0) is 15.0. The summed E-state index contributed by atoms with van der Waals surface area (Å²) in [6.07, 6.45) is 0.628. The fraction of sp³-hybridized carbons (Fsp3) is 0.188. The monoisotopic (exact) mass is 366 g/mol. The molecule has 0 radical (unpaired) electrons. The van der Waals surface area contributed by atoms with Gasteiger partial charge in [-0.25, -0.2) is 9.37 Å². The molecule has 0 fully saturated rings. The highest BCUT2D eigenvalue weighted by molar-refractivity contribution is 9.10. The van der Waals surface area contributed by atoms with Crippen LogP contribution in [-0.4, -0.2) is 15.4 Å². The average Bonchev–Trinajstić information content (AvgIpc) is 2.80. The van der Waals surface area contributed by atoms with E-state index in [4.69, 9.17) is 11.6 Å². The van der Waals surface area contributed by atoms with E-state index in [1.807, 2.05) is 29.7 Å². The SMILES string of the molecule is Cc1ccc(-n2c(CCCl)nc3ccc(F)cc32)cc1Br. The van der Waals surface area contributed by atoms with Crippen molar-refractivity contribution < 1.29 is 4.39 Å². The lowest BCUT2D eigenvalue weighted by Crippen LogP contribution is -2.02. The molecule has 0 aliphatic heterocycles. The molecule has 0 bridgehead atoms. The normalized spacial score (nSPS) is 11.2. The van der Waals surface area contributed by atoms with Crippen LogP contribution in [-0.2, 0) is 6.42 Å².